The van der Waals surface area contributed by atoms with Gasteiger partial charge < -0.3 is 10.5 Å². The van der Waals surface area contributed by atoms with Crippen LogP contribution in [0.5, 0.6) is 0 Å². The van der Waals surface area contributed by atoms with Crippen LogP contribution in [0.4, 0.5) is 5.82 Å². The van der Waals surface area contributed by atoms with E-state index in [0.29, 0.717) is 12.4 Å². The lowest BCUT2D eigenvalue weighted by atomic mass is 10.2. The highest BCUT2D eigenvalue weighted by molar-refractivity contribution is 7.16. The van der Waals surface area contributed by atoms with Gasteiger partial charge in [-0.1, -0.05) is 0 Å². The lowest BCUT2D eigenvalue weighted by Gasteiger charge is -2.15. The number of hydrogen-bond acceptors (Lipinski definition) is 7. The Kier molecular flexibility index (Phi) is 5.66. The van der Waals surface area contributed by atoms with Gasteiger partial charge in [-0.05, 0) is 44.3 Å². The molecule has 0 spiro atoms. The summed E-state index contributed by atoms with van der Waals surface area (Å²) < 4.78 is 0. The van der Waals surface area contributed by atoms with Crippen LogP contribution in [-0.4, -0.2) is 40.2 Å². The van der Waals surface area contributed by atoms with Crippen LogP contribution in [-0.2, 0) is 6.54 Å². The first-order valence-electron chi connectivity index (χ1n) is 6.74. The van der Waals surface area contributed by atoms with Gasteiger partial charge in [0, 0.05) is 6.61 Å². The first kappa shape index (κ1) is 15.1. The molecule has 2 heterocycles. The van der Waals surface area contributed by atoms with Gasteiger partial charge in [0.2, 0.25) is 0 Å². The number of rotatable bonds is 8. The quantitative estimate of drug-likeness (QED) is 0.389. The summed E-state index contributed by atoms with van der Waals surface area (Å²) >= 11 is 1.59. The third kappa shape index (κ3) is 3.86. The van der Waals surface area contributed by atoms with Crippen molar-refractivity contribution < 1.29 is 5.11 Å². The maximum Gasteiger partial charge on any atom is 0.152 e. The monoisotopic (exact) mass is 295 g/mol. The molecule has 7 heteroatoms. The Labute approximate surface area is 122 Å². The van der Waals surface area contributed by atoms with Crippen LogP contribution in [0.1, 0.15) is 25.1 Å². The van der Waals surface area contributed by atoms with E-state index in [1.807, 2.05) is 11.4 Å². The number of aliphatic hydroxyl groups is 1. The Morgan fingerprint density at radius 1 is 1.35 bits per heavy atom. The molecule has 0 aromatic carbocycles. The fourth-order valence-corrected chi connectivity index (χ4v) is 2.85. The van der Waals surface area contributed by atoms with Gasteiger partial charge >= 0.3 is 0 Å². The molecular formula is C13H21N5OS. The van der Waals surface area contributed by atoms with Crippen LogP contribution in [0.25, 0.3) is 10.2 Å². The molecule has 2 aromatic rings. The molecule has 6 nitrogen and oxygen atoms in total. The minimum absolute atomic E-state index is 0.271. The number of thiophene rings is 1. The van der Waals surface area contributed by atoms with Gasteiger partial charge in [0.25, 0.3) is 0 Å². The van der Waals surface area contributed by atoms with Crippen LogP contribution in [0, 0.1) is 0 Å². The second kappa shape index (κ2) is 7.49. The molecule has 110 valence electrons. The molecule has 0 bridgehead atoms. The summed E-state index contributed by atoms with van der Waals surface area (Å²) in [7, 11) is 2.05. The van der Waals surface area contributed by atoms with E-state index in [0.717, 1.165) is 41.8 Å². The molecular weight excluding hydrogens is 274 g/mol. The molecule has 0 atom stereocenters. The second-order valence-electron chi connectivity index (χ2n) is 4.79. The summed E-state index contributed by atoms with van der Waals surface area (Å²) in [6, 6.07) is 1.97. The highest BCUT2D eigenvalue weighted by atomic mass is 32.1. The largest absolute Gasteiger partial charge is 0.396 e. The molecule has 20 heavy (non-hydrogen) atoms. The number of aliphatic hydroxyl groups excluding tert-OH is 1. The van der Waals surface area contributed by atoms with E-state index in [4.69, 9.17) is 10.9 Å². The van der Waals surface area contributed by atoms with E-state index >= 15 is 0 Å². The molecule has 4 N–H and O–H groups in total. The molecule has 0 aliphatic carbocycles. The highest BCUT2D eigenvalue weighted by Gasteiger charge is 2.09. The van der Waals surface area contributed by atoms with Crippen molar-refractivity contribution in [3.05, 3.63) is 17.3 Å². The number of anilines is 1. The van der Waals surface area contributed by atoms with E-state index in [2.05, 4.69) is 27.3 Å². The average molecular weight is 295 g/mol. The van der Waals surface area contributed by atoms with Crippen LogP contribution >= 0.6 is 11.3 Å². The first-order valence-corrected chi connectivity index (χ1v) is 7.62. The lowest BCUT2D eigenvalue weighted by Crippen LogP contribution is -2.21. The van der Waals surface area contributed by atoms with Gasteiger partial charge in [-0.25, -0.2) is 15.8 Å². The molecule has 2 rings (SSSR count). The summed E-state index contributed by atoms with van der Waals surface area (Å²) in [6.07, 6.45) is 2.98. The molecule has 0 radical (unpaired) electrons. The molecule has 0 saturated heterocycles. The zero-order valence-electron chi connectivity index (χ0n) is 11.7. The van der Waals surface area contributed by atoms with E-state index in [9.17, 15) is 0 Å². The van der Waals surface area contributed by atoms with E-state index < -0.39 is 0 Å². The van der Waals surface area contributed by atoms with Crippen molar-refractivity contribution in [2.24, 2.45) is 5.84 Å². The lowest BCUT2D eigenvalue weighted by molar-refractivity contribution is 0.269. The van der Waals surface area contributed by atoms with Gasteiger partial charge in [0.15, 0.2) is 5.82 Å². The Balaban J connectivity index is 1.98. The zero-order chi connectivity index (χ0) is 14.4. The SMILES string of the molecule is CN(CCCCCO)Cc1nc(NN)c2ccsc2n1. The van der Waals surface area contributed by atoms with Gasteiger partial charge in [-0.2, -0.15) is 0 Å². The number of unbranched alkanes of at least 4 members (excludes halogenated alkanes) is 2. The molecule has 0 aliphatic rings. The van der Waals surface area contributed by atoms with Crippen LogP contribution < -0.4 is 11.3 Å². The fraction of sp³-hybridized carbons (Fsp3) is 0.538. The number of nitrogens with two attached hydrogens (primary N) is 1. The normalized spacial score (nSPS) is 11.4. The van der Waals surface area contributed by atoms with E-state index in [1.165, 1.54) is 0 Å². The summed E-state index contributed by atoms with van der Waals surface area (Å²) in [5, 5.41) is 11.7. The Morgan fingerprint density at radius 2 is 2.20 bits per heavy atom. The van der Waals surface area contributed by atoms with E-state index in [-0.39, 0.29) is 6.61 Å². The van der Waals surface area contributed by atoms with Gasteiger partial charge in [-0.3, -0.25) is 4.90 Å². The van der Waals surface area contributed by atoms with Gasteiger partial charge in [0.05, 0.1) is 11.9 Å². The zero-order valence-corrected chi connectivity index (χ0v) is 12.5. The topological polar surface area (TPSA) is 87.3 Å². The van der Waals surface area contributed by atoms with Crippen molar-refractivity contribution in [2.75, 3.05) is 25.6 Å². The second-order valence-corrected chi connectivity index (χ2v) is 5.69. The van der Waals surface area contributed by atoms with Crippen LogP contribution in [0.3, 0.4) is 0 Å². The van der Waals surface area contributed by atoms with Crippen molar-refractivity contribution in [3.8, 4) is 0 Å². The molecule has 0 fully saturated rings. The Morgan fingerprint density at radius 3 is 2.95 bits per heavy atom. The maximum atomic E-state index is 8.75. The van der Waals surface area contributed by atoms with E-state index in [1.54, 1.807) is 11.3 Å². The summed E-state index contributed by atoms with van der Waals surface area (Å²) in [5.41, 5.74) is 2.64. The molecule has 0 aliphatic heterocycles. The molecule has 0 saturated carbocycles. The van der Waals surface area contributed by atoms with Crippen LogP contribution in [0.2, 0.25) is 0 Å². The number of nitrogens with zero attached hydrogens (tertiary/aromatic N) is 3. The highest BCUT2D eigenvalue weighted by Crippen LogP contribution is 2.24. The van der Waals surface area contributed by atoms with Gasteiger partial charge in [0.1, 0.15) is 10.7 Å². The Bertz CT molecular complexity index is 545. The third-order valence-corrected chi connectivity index (χ3v) is 3.92. The predicted octanol–water partition coefficient (Wildman–Crippen LogP) is 1.57. The summed E-state index contributed by atoms with van der Waals surface area (Å²) in [4.78, 5) is 12.2. The number of aromatic nitrogens is 2. The molecule has 0 unspecified atom stereocenters. The number of nitrogens with one attached hydrogen (secondary N) is 1. The minimum Gasteiger partial charge on any atom is -0.396 e. The van der Waals surface area contributed by atoms with Crippen LogP contribution in [0.15, 0.2) is 11.4 Å². The Hall–Kier alpha value is -1.28. The van der Waals surface area contributed by atoms with Crippen molar-refractivity contribution >= 4 is 27.4 Å². The molecule has 2 aromatic heterocycles. The average Bonchev–Trinajstić information content (AvgIpc) is 2.91. The predicted molar refractivity (Wildman–Crippen MR) is 82.5 cm³/mol. The maximum absolute atomic E-state index is 8.75. The van der Waals surface area contributed by atoms with Crippen molar-refractivity contribution in [1.29, 1.82) is 0 Å². The number of fused-ring (bicyclic) bond motifs is 1. The number of nitrogen functional groups attached to an aromatic ring is 1. The standard InChI is InChI=1S/C13H21N5OS/c1-18(6-3-2-4-7-19)9-11-15-12(17-14)10-5-8-20-13(10)16-11/h5,8,19H,2-4,6-7,9,14H2,1H3,(H,15,16,17). The van der Waals surface area contributed by atoms with Crippen molar-refractivity contribution in [3.63, 3.8) is 0 Å². The smallest absolute Gasteiger partial charge is 0.152 e. The summed E-state index contributed by atoms with van der Waals surface area (Å²) in [5.74, 6) is 6.97. The third-order valence-electron chi connectivity index (χ3n) is 3.12. The minimum atomic E-state index is 0.271. The first-order chi connectivity index (χ1) is 9.74. The van der Waals surface area contributed by atoms with Crippen molar-refractivity contribution in [2.45, 2.75) is 25.8 Å². The number of hydrazine groups is 1. The van der Waals surface area contributed by atoms with Gasteiger partial charge in [-0.15, -0.1) is 11.3 Å². The molecule has 0 amide bonds. The number of hydrogen-bond donors (Lipinski definition) is 3. The summed E-state index contributed by atoms with van der Waals surface area (Å²) in [6.45, 7) is 1.94. The van der Waals surface area contributed by atoms with Crippen molar-refractivity contribution in [1.82, 2.24) is 14.9 Å². The fourth-order valence-electron chi connectivity index (χ4n) is 2.07.